The highest BCUT2D eigenvalue weighted by atomic mass is 16.5. The first kappa shape index (κ1) is 16.7. The van der Waals surface area contributed by atoms with Crippen LogP contribution in [0.3, 0.4) is 0 Å². The molecule has 124 valence electrons. The lowest BCUT2D eigenvalue weighted by Crippen LogP contribution is -2.46. The number of ether oxygens (including phenoxy) is 3. The number of allylic oxidation sites excluding steroid dienone is 1. The standard InChI is InChI=1S/C16H20N2O5/c1-9-13(15(19)23-5)14(17-16(20)18(9)2)11-8-10(21-3)6-7-12(11)22-4/h6-8,14H,1-5H3,(H,17,20). The summed E-state index contributed by atoms with van der Waals surface area (Å²) in [6.07, 6.45) is 0. The first-order chi connectivity index (χ1) is 10.9. The minimum Gasteiger partial charge on any atom is -0.497 e. The van der Waals surface area contributed by atoms with Crippen molar-refractivity contribution in [1.29, 1.82) is 0 Å². The maximum atomic E-state index is 12.2. The van der Waals surface area contributed by atoms with Gasteiger partial charge < -0.3 is 24.4 Å². The summed E-state index contributed by atoms with van der Waals surface area (Å²) in [5.41, 5.74) is 1.49. The molecule has 1 unspecified atom stereocenters. The Hall–Kier alpha value is -2.70. The Balaban J connectivity index is 2.64. The van der Waals surface area contributed by atoms with Crippen LogP contribution in [0, 0.1) is 0 Å². The Bertz CT molecular complexity index is 668. The lowest BCUT2D eigenvalue weighted by Gasteiger charge is -2.33. The topological polar surface area (TPSA) is 77.1 Å². The van der Waals surface area contributed by atoms with E-state index < -0.39 is 12.0 Å². The second kappa shape index (κ2) is 6.60. The van der Waals surface area contributed by atoms with Gasteiger partial charge in [0.05, 0.1) is 32.9 Å². The molecule has 0 bridgehead atoms. The normalized spacial score (nSPS) is 17.7. The summed E-state index contributed by atoms with van der Waals surface area (Å²) in [6, 6.07) is 4.20. The summed E-state index contributed by atoms with van der Waals surface area (Å²) in [4.78, 5) is 25.8. The van der Waals surface area contributed by atoms with Crippen LogP contribution in [0.15, 0.2) is 29.5 Å². The fraction of sp³-hybridized carbons (Fsp3) is 0.375. The molecule has 1 atom stereocenters. The van der Waals surface area contributed by atoms with Crippen LogP contribution in [-0.2, 0) is 9.53 Å². The molecule has 1 aromatic carbocycles. The molecule has 0 saturated carbocycles. The Kier molecular flexibility index (Phi) is 4.78. The van der Waals surface area contributed by atoms with Crippen LogP contribution >= 0.6 is 0 Å². The molecular formula is C16H20N2O5. The van der Waals surface area contributed by atoms with Crippen LogP contribution in [0.25, 0.3) is 0 Å². The number of carbonyl (C=O) groups excluding carboxylic acids is 2. The van der Waals surface area contributed by atoms with E-state index in [1.165, 1.54) is 19.1 Å². The molecule has 1 heterocycles. The molecule has 7 heteroatoms. The van der Waals surface area contributed by atoms with Crippen molar-refractivity contribution in [3.05, 3.63) is 35.0 Å². The average molecular weight is 320 g/mol. The average Bonchev–Trinajstić information content (AvgIpc) is 2.58. The Morgan fingerprint density at radius 3 is 2.48 bits per heavy atom. The van der Waals surface area contributed by atoms with Gasteiger partial charge in [-0.3, -0.25) is 0 Å². The van der Waals surface area contributed by atoms with Crippen molar-refractivity contribution in [2.45, 2.75) is 13.0 Å². The van der Waals surface area contributed by atoms with Crippen molar-refractivity contribution in [3.8, 4) is 11.5 Å². The summed E-state index contributed by atoms with van der Waals surface area (Å²) in [7, 11) is 5.96. The highest BCUT2D eigenvalue weighted by Crippen LogP contribution is 2.37. The molecule has 0 radical (unpaired) electrons. The van der Waals surface area contributed by atoms with Gasteiger partial charge in [-0.25, -0.2) is 9.59 Å². The highest BCUT2D eigenvalue weighted by Gasteiger charge is 2.36. The minimum absolute atomic E-state index is 0.315. The predicted molar refractivity (Wildman–Crippen MR) is 83.3 cm³/mol. The molecule has 0 aliphatic carbocycles. The molecule has 23 heavy (non-hydrogen) atoms. The van der Waals surface area contributed by atoms with E-state index >= 15 is 0 Å². The zero-order valence-corrected chi connectivity index (χ0v) is 13.8. The van der Waals surface area contributed by atoms with Gasteiger partial charge in [0.25, 0.3) is 0 Å². The number of methoxy groups -OCH3 is 3. The number of urea groups is 1. The highest BCUT2D eigenvalue weighted by molar-refractivity contribution is 5.95. The van der Waals surface area contributed by atoms with Crippen molar-refractivity contribution in [1.82, 2.24) is 10.2 Å². The smallest absolute Gasteiger partial charge is 0.337 e. The minimum atomic E-state index is -0.684. The molecule has 1 aromatic rings. The molecule has 2 amide bonds. The van der Waals surface area contributed by atoms with Gasteiger partial charge in [-0.05, 0) is 25.1 Å². The monoisotopic (exact) mass is 320 g/mol. The van der Waals surface area contributed by atoms with Gasteiger partial charge in [0.15, 0.2) is 0 Å². The maximum Gasteiger partial charge on any atom is 0.337 e. The summed E-state index contributed by atoms with van der Waals surface area (Å²) in [5, 5.41) is 2.80. The predicted octanol–water partition coefficient (Wildman–Crippen LogP) is 1.85. The van der Waals surface area contributed by atoms with Crippen LogP contribution in [-0.4, -0.2) is 45.3 Å². The van der Waals surface area contributed by atoms with Crippen LogP contribution < -0.4 is 14.8 Å². The molecule has 0 spiro atoms. The number of amides is 2. The Morgan fingerprint density at radius 1 is 1.22 bits per heavy atom. The summed E-state index contributed by atoms with van der Waals surface area (Å²) < 4.78 is 15.5. The van der Waals surface area contributed by atoms with Crippen LogP contribution in [0.2, 0.25) is 0 Å². The van der Waals surface area contributed by atoms with Crippen molar-refractivity contribution in [2.24, 2.45) is 0 Å². The van der Waals surface area contributed by atoms with E-state index in [0.29, 0.717) is 28.3 Å². The van der Waals surface area contributed by atoms with Crippen molar-refractivity contribution in [2.75, 3.05) is 28.4 Å². The van der Waals surface area contributed by atoms with Gasteiger partial charge in [-0.2, -0.15) is 0 Å². The lowest BCUT2D eigenvalue weighted by molar-refractivity contribution is -0.136. The molecule has 7 nitrogen and oxygen atoms in total. The van der Waals surface area contributed by atoms with E-state index in [0.717, 1.165) is 0 Å². The first-order valence-corrected chi connectivity index (χ1v) is 6.99. The molecular weight excluding hydrogens is 300 g/mol. The third-order valence-corrected chi connectivity index (χ3v) is 3.91. The van der Waals surface area contributed by atoms with E-state index in [9.17, 15) is 9.59 Å². The van der Waals surface area contributed by atoms with Gasteiger partial charge in [0, 0.05) is 18.3 Å². The number of rotatable bonds is 4. The summed E-state index contributed by atoms with van der Waals surface area (Å²) in [6.45, 7) is 1.70. The van der Waals surface area contributed by atoms with Crippen LogP contribution in [0.5, 0.6) is 11.5 Å². The van der Waals surface area contributed by atoms with Crippen molar-refractivity contribution in [3.63, 3.8) is 0 Å². The zero-order valence-electron chi connectivity index (χ0n) is 13.8. The Labute approximate surface area is 134 Å². The van der Waals surface area contributed by atoms with Crippen molar-refractivity contribution < 1.29 is 23.8 Å². The molecule has 1 N–H and O–H groups in total. The van der Waals surface area contributed by atoms with Crippen LogP contribution in [0.4, 0.5) is 4.79 Å². The Morgan fingerprint density at radius 2 is 1.91 bits per heavy atom. The second-order valence-electron chi connectivity index (χ2n) is 5.04. The molecule has 0 fully saturated rings. The number of hydrogen-bond donors (Lipinski definition) is 1. The second-order valence-corrected chi connectivity index (χ2v) is 5.04. The third-order valence-electron chi connectivity index (χ3n) is 3.91. The van der Waals surface area contributed by atoms with E-state index in [2.05, 4.69) is 5.32 Å². The lowest BCUT2D eigenvalue weighted by atomic mass is 9.94. The molecule has 0 saturated heterocycles. The van der Waals surface area contributed by atoms with E-state index in [4.69, 9.17) is 14.2 Å². The largest absolute Gasteiger partial charge is 0.497 e. The van der Waals surface area contributed by atoms with Gasteiger partial charge in [-0.15, -0.1) is 0 Å². The molecule has 0 aromatic heterocycles. The van der Waals surface area contributed by atoms with E-state index in [-0.39, 0.29) is 6.03 Å². The number of nitrogens with zero attached hydrogens (tertiary/aromatic N) is 1. The van der Waals surface area contributed by atoms with E-state index in [1.807, 2.05) is 0 Å². The van der Waals surface area contributed by atoms with Gasteiger partial charge in [0.2, 0.25) is 0 Å². The first-order valence-electron chi connectivity index (χ1n) is 6.99. The van der Waals surface area contributed by atoms with Gasteiger partial charge in [0.1, 0.15) is 11.5 Å². The fourth-order valence-electron chi connectivity index (χ4n) is 2.51. The zero-order chi connectivity index (χ0) is 17.1. The van der Waals surface area contributed by atoms with Gasteiger partial charge in [-0.1, -0.05) is 0 Å². The van der Waals surface area contributed by atoms with E-state index in [1.54, 1.807) is 39.3 Å². The van der Waals surface area contributed by atoms with Gasteiger partial charge >= 0.3 is 12.0 Å². The number of nitrogens with one attached hydrogen (secondary N) is 1. The van der Waals surface area contributed by atoms with Crippen molar-refractivity contribution >= 4 is 12.0 Å². The SMILES string of the molecule is COC(=O)C1=C(C)N(C)C(=O)NC1c1cc(OC)ccc1OC. The summed E-state index contributed by atoms with van der Waals surface area (Å²) in [5.74, 6) is 0.620. The summed E-state index contributed by atoms with van der Waals surface area (Å²) >= 11 is 0. The fourth-order valence-corrected chi connectivity index (χ4v) is 2.51. The molecule has 1 aliphatic rings. The molecule has 2 rings (SSSR count). The number of carbonyl (C=O) groups is 2. The number of hydrogen-bond acceptors (Lipinski definition) is 5. The number of benzene rings is 1. The quantitative estimate of drug-likeness (QED) is 0.857. The maximum absolute atomic E-state index is 12.2. The number of esters is 1. The third kappa shape index (κ3) is 2.94. The molecule has 1 aliphatic heterocycles. The van der Waals surface area contributed by atoms with Crippen LogP contribution in [0.1, 0.15) is 18.5 Å².